The number of methoxy groups -OCH3 is 2. The molecule has 100 valence electrons. The first-order valence-corrected chi connectivity index (χ1v) is 6.01. The predicted octanol–water partition coefficient (Wildman–Crippen LogP) is 2.84. The molecule has 0 aliphatic rings. The van der Waals surface area contributed by atoms with Crippen LogP contribution in [0.2, 0.25) is 0 Å². The SMILES string of the molecule is COc1cc(OC)cc(OCCCCC(C)=O)c1. The summed E-state index contributed by atoms with van der Waals surface area (Å²) >= 11 is 0. The number of carbonyl (C=O) groups is 1. The van der Waals surface area contributed by atoms with Gasteiger partial charge in [-0.25, -0.2) is 0 Å². The molecule has 0 aromatic heterocycles. The van der Waals surface area contributed by atoms with Crippen molar-refractivity contribution in [2.45, 2.75) is 26.2 Å². The zero-order valence-electron chi connectivity index (χ0n) is 11.2. The Kier molecular flexibility index (Phi) is 6.05. The van der Waals surface area contributed by atoms with Crippen LogP contribution in [0.15, 0.2) is 18.2 Å². The van der Waals surface area contributed by atoms with E-state index >= 15 is 0 Å². The van der Waals surface area contributed by atoms with Gasteiger partial charge in [0.25, 0.3) is 0 Å². The van der Waals surface area contributed by atoms with Gasteiger partial charge in [-0.3, -0.25) is 0 Å². The number of ether oxygens (including phenoxy) is 3. The molecule has 0 spiro atoms. The molecule has 0 aliphatic heterocycles. The molecule has 0 fully saturated rings. The van der Waals surface area contributed by atoms with Crippen molar-refractivity contribution in [1.82, 2.24) is 0 Å². The van der Waals surface area contributed by atoms with E-state index in [0.717, 1.165) is 12.8 Å². The van der Waals surface area contributed by atoms with Crippen LogP contribution in [0, 0.1) is 0 Å². The molecule has 1 aromatic carbocycles. The average Bonchev–Trinajstić information content (AvgIpc) is 2.37. The normalized spacial score (nSPS) is 9.94. The molecule has 4 nitrogen and oxygen atoms in total. The number of Topliss-reactive ketones (excluding diaryl/α,β-unsaturated/α-hetero) is 1. The molecule has 0 heterocycles. The Morgan fingerprint density at radius 3 is 2.06 bits per heavy atom. The van der Waals surface area contributed by atoms with Gasteiger partial charge in [0, 0.05) is 24.6 Å². The molecular formula is C14H20O4. The summed E-state index contributed by atoms with van der Waals surface area (Å²) in [5.41, 5.74) is 0. The van der Waals surface area contributed by atoms with E-state index in [1.807, 2.05) is 12.1 Å². The second-order valence-electron chi connectivity index (χ2n) is 4.06. The van der Waals surface area contributed by atoms with Crippen LogP contribution < -0.4 is 14.2 Å². The van der Waals surface area contributed by atoms with E-state index in [1.165, 1.54) is 0 Å². The lowest BCUT2D eigenvalue weighted by Gasteiger charge is -2.10. The van der Waals surface area contributed by atoms with Crippen molar-refractivity contribution < 1.29 is 19.0 Å². The third-order valence-corrected chi connectivity index (χ3v) is 2.52. The minimum absolute atomic E-state index is 0.220. The zero-order valence-corrected chi connectivity index (χ0v) is 11.2. The van der Waals surface area contributed by atoms with Gasteiger partial charge in [0.2, 0.25) is 0 Å². The van der Waals surface area contributed by atoms with Gasteiger partial charge >= 0.3 is 0 Å². The molecule has 0 saturated carbocycles. The Hall–Kier alpha value is -1.71. The fourth-order valence-corrected chi connectivity index (χ4v) is 1.53. The van der Waals surface area contributed by atoms with Crippen molar-refractivity contribution in [2.24, 2.45) is 0 Å². The molecular weight excluding hydrogens is 232 g/mol. The monoisotopic (exact) mass is 252 g/mol. The minimum atomic E-state index is 0.220. The third kappa shape index (κ3) is 5.08. The second kappa shape index (κ2) is 7.58. The Bertz CT molecular complexity index is 365. The van der Waals surface area contributed by atoms with E-state index in [0.29, 0.717) is 30.3 Å². The molecule has 1 aromatic rings. The van der Waals surface area contributed by atoms with E-state index in [-0.39, 0.29) is 5.78 Å². The first-order valence-electron chi connectivity index (χ1n) is 6.01. The molecule has 0 unspecified atom stereocenters. The number of ketones is 1. The number of unbranched alkanes of at least 4 members (excludes halogenated alkanes) is 1. The lowest BCUT2D eigenvalue weighted by atomic mass is 10.2. The highest BCUT2D eigenvalue weighted by Gasteiger charge is 2.02. The van der Waals surface area contributed by atoms with Crippen LogP contribution in [0.25, 0.3) is 0 Å². The van der Waals surface area contributed by atoms with Gasteiger partial charge in [-0.1, -0.05) is 0 Å². The summed E-state index contributed by atoms with van der Waals surface area (Å²) in [4.78, 5) is 10.8. The van der Waals surface area contributed by atoms with Gasteiger partial charge in [0.1, 0.15) is 23.0 Å². The highest BCUT2D eigenvalue weighted by molar-refractivity contribution is 5.75. The molecule has 0 atom stereocenters. The lowest BCUT2D eigenvalue weighted by molar-refractivity contribution is -0.117. The number of hydrogen-bond donors (Lipinski definition) is 0. The summed E-state index contributed by atoms with van der Waals surface area (Å²) < 4.78 is 15.9. The van der Waals surface area contributed by atoms with Crippen molar-refractivity contribution in [3.63, 3.8) is 0 Å². The van der Waals surface area contributed by atoms with Gasteiger partial charge < -0.3 is 19.0 Å². The van der Waals surface area contributed by atoms with E-state index in [9.17, 15) is 4.79 Å². The fourth-order valence-electron chi connectivity index (χ4n) is 1.53. The van der Waals surface area contributed by atoms with Crippen LogP contribution in [0.4, 0.5) is 0 Å². The molecule has 18 heavy (non-hydrogen) atoms. The maximum atomic E-state index is 10.8. The second-order valence-corrected chi connectivity index (χ2v) is 4.06. The summed E-state index contributed by atoms with van der Waals surface area (Å²) in [5, 5.41) is 0. The van der Waals surface area contributed by atoms with Crippen LogP contribution in [0.3, 0.4) is 0 Å². The molecule has 0 radical (unpaired) electrons. The topological polar surface area (TPSA) is 44.8 Å². The zero-order chi connectivity index (χ0) is 13.4. The van der Waals surface area contributed by atoms with E-state index in [2.05, 4.69) is 0 Å². The number of carbonyl (C=O) groups excluding carboxylic acids is 1. The van der Waals surface area contributed by atoms with Gasteiger partial charge in [-0.15, -0.1) is 0 Å². The molecule has 4 heteroatoms. The van der Waals surface area contributed by atoms with Gasteiger partial charge in [0.05, 0.1) is 20.8 Å². The van der Waals surface area contributed by atoms with Crippen LogP contribution in [0.1, 0.15) is 26.2 Å². The quantitative estimate of drug-likeness (QED) is 0.667. The maximum absolute atomic E-state index is 10.8. The highest BCUT2D eigenvalue weighted by atomic mass is 16.5. The maximum Gasteiger partial charge on any atom is 0.129 e. The Morgan fingerprint density at radius 2 is 1.56 bits per heavy atom. The van der Waals surface area contributed by atoms with Crippen molar-refractivity contribution in [1.29, 1.82) is 0 Å². The molecule has 0 bridgehead atoms. The summed E-state index contributed by atoms with van der Waals surface area (Å²) in [7, 11) is 3.21. The molecule has 0 amide bonds. The van der Waals surface area contributed by atoms with Crippen molar-refractivity contribution >= 4 is 5.78 Å². The Morgan fingerprint density at radius 1 is 1.00 bits per heavy atom. The van der Waals surface area contributed by atoms with Gasteiger partial charge in [-0.05, 0) is 19.8 Å². The number of benzene rings is 1. The van der Waals surface area contributed by atoms with Crippen LogP contribution in [-0.4, -0.2) is 26.6 Å². The standard InChI is InChI=1S/C14H20O4/c1-11(15)6-4-5-7-18-14-9-12(16-2)8-13(10-14)17-3/h8-10H,4-7H2,1-3H3. The molecule has 0 N–H and O–H groups in total. The smallest absolute Gasteiger partial charge is 0.129 e. The van der Waals surface area contributed by atoms with Gasteiger partial charge in [0.15, 0.2) is 0 Å². The van der Waals surface area contributed by atoms with Gasteiger partial charge in [-0.2, -0.15) is 0 Å². The summed E-state index contributed by atoms with van der Waals surface area (Å²) in [6, 6.07) is 5.42. The van der Waals surface area contributed by atoms with Crippen LogP contribution in [0.5, 0.6) is 17.2 Å². The van der Waals surface area contributed by atoms with Crippen LogP contribution in [-0.2, 0) is 4.79 Å². The molecule has 0 aliphatic carbocycles. The van der Waals surface area contributed by atoms with Crippen LogP contribution >= 0.6 is 0 Å². The fraction of sp³-hybridized carbons (Fsp3) is 0.500. The van der Waals surface area contributed by atoms with Crippen molar-refractivity contribution in [2.75, 3.05) is 20.8 Å². The Balaban J connectivity index is 2.43. The number of rotatable bonds is 8. The predicted molar refractivity (Wildman–Crippen MR) is 69.6 cm³/mol. The van der Waals surface area contributed by atoms with E-state index < -0.39 is 0 Å². The highest BCUT2D eigenvalue weighted by Crippen LogP contribution is 2.27. The Labute approximate surface area is 108 Å². The first kappa shape index (κ1) is 14.4. The molecule has 0 saturated heterocycles. The number of hydrogen-bond acceptors (Lipinski definition) is 4. The van der Waals surface area contributed by atoms with Crippen molar-refractivity contribution in [3.8, 4) is 17.2 Å². The summed E-state index contributed by atoms with van der Waals surface area (Å²) in [6.07, 6.45) is 2.33. The first-order chi connectivity index (χ1) is 8.65. The van der Waals surface area contributed by atoms with E-state index in [1.54, 1.807) is 27.2 Å². The minimum Gasteiger partial charge on any atom is -0.496 e. The summed E-state index contributed by atoms with van der Waals surface area (Å²) in [6.45, 7) is 2.19. The lowest BCUT2D eigenvalue weighted by Crippen LogP contribution is -1.99. The largest absolute Gasteiger partial charge is 0.496 e. The van der Waals surface area contributed by atoms with E-state index in [4.69, 9.17) is 14.2 Å². The summed E-state index contributed by atoms with van der Waals surface area (Å²) in [5.74, 6) is 2.34. The molecule has 1 rings (SSSR count). The third-order valence-electron chi connectivity index (χ3n) is 2.52. The average molecular weight is 252 g/mol. The van der Waals surface area contributed by atoms with Crippen molar-refractivity contribution in [3.05, 3.63) is 18.2 Å².